The molecule has 2 aromatic carbocycles. The first kappa shape index (κ1) is 42.3. The van der Waals surface area contributed by atoms with Crippen LogP contribution in [-0.4, -0.2) is 55.9 Å². The van der Waals surface area contributed by atoms with Gasteiger partial charge in [0.25, 0.3) is 0 Å². The third kappa shape index (κ3) is 12.3. The first-order valence-corrected chi connectivity index (χ1v) is 15.4. The van der Waals surface area contributed by atoms with Crippen LogP contribution < -0.4 is 26.6 Å². The highest BCUT2D eigenvalue weighted by Crippen LogP contribution is 2.40. The maximum Gasteiger partial charge on any atom is 0.494 e. The quantitative estimate of drug-likeness (QED) is 0.0617. The molecule has 1 aromatic heterocycles. The van der Waals surface area contributed by atoms with Gasteiger partial charge in [0.2, 0.25) is 0 Å². The Morgan fingerprint density at radius 3 is 1.90 bits per heavy atom. The van der Waals surface area contributed by atoms with Crippen LogP contribution in [0.15, 0.2) is 51.7 Å². The van der Waals surface area contributed by atoms with Gasteiger partial charge in [0.15, 0.2) is 0 Å². The first-order chi connectivity index (χ1) is 23.6. The molecule has 4 N–H and O–H groups in total. The second-order valence-electron chi connectivity index (χ2n) is 13.1. The maximum atomic E-state index is 14.2. The van der Waals surface area contributed by atoms with Crippen LogP contribution in [0.2, 0.25) is 0 Å². The van der Waals surface area contributed by atoms with Gasteiger partial charge in [-0.25, -0.2) is 14.3 Å². The van der Waals surface area contributed by atoms with Crippen LogP contribution >= 0.6 is 0 Å². The smallest absolute Gasteiger partial charge is 0.494 e. The Bertz CT molecular complexity index is 1770. The fourth-order valence-corrected chi connectivity index (χ4v) is 4.79. The summed E-state index contributed by atoms with van der Waals surface area (Å²) >= 11 is 0. The van der Waals surface area contributed by atoms with E-state index in [1.54, 1.807) is 13.8 Å². The number of halogens is 9. The van der Waals surface area contributed by atoms with Crippen LogP contribution in [0.1, 0.15) is 52.5 Å². The van der Waals surface area contributed by atoms with Gasteiger partial charge in [0, 0.05) is 28.1 Å². The lowest BCUT2D eigenvalue weighted by Gasteiger charge is -2.33. The van der Waals surface area contributed by atoms with E-state index in [9.17, 15) is 49.1 Å². The summed E-state index contributed by atoms with van der Waals surface area (Å²) in [6.07, 6.45) is -23.2. The number of hydrogen-bond donors (Lipinski definition) is 2. The molecule has 0 amide bonds. The second kappa shape index (κ2) is 15.5. The van der Waals surface area contributed by atoms with Gasteiger partial charge in [-0.15, -0.1) is 8.78 Å². The van der Waals surface area contributed by atoms with Crippen molar-refractivity contribution in [2.75, 3.05) is 20.3 Å². The highest BCUT2D eigenvalue weighted by atomic mass is 19.4. The zero-order chi connectivity index (χ0) is 39.5. The number of alkyl halides is 9. The number of ether oxygens (including phenoxy) is 5. The Morgan fingerprint density at radius 1 is 0.788 bits per heavy atom. The van der Waals surface area contributed by atoms with Gasteiger partial charge in [0.1, 0.15) is 17.1 Å². The average molecular weight is 761 g/mol. The molecular formula is C33H37F9N2O8. The molecule has 1 unspecified atom stereocenters. The van der Waals surface area contributed by atoms with Crippen molar-refractivity contribution in [1.29, 1.82) is 0 Å². The van der Waals surface area contributed by atoms with Crippen LogP contribution in [0.4, 0.5) is 39.5 Å². The Hall–Kier alpha value is -4.07. The summed E-state index contributed by atoms with van der Waals surface area (Å²) in [6.45, 7) is 3.91. The Balaban J connectivity index is 1.60. The summed E-state index contributed by atoms with van der Waals surface area (Å²) in [4.78, 5) is 25.1. The van der Waals surface area contributed by atoms with E-state index in [-0.39, 0.29) is 28.9 Å². The molecular weight excluding hydrogens is 723 g/mol. The number of carbonyl (C=O) groups excluding carboxylic acids is 1. The van der Waals surface area contributed by atoms with Crippen LogP contribution in [0, 0.1) is 5.92 Å². The number of benzene rings is 2. The van der Waals surface area contributed by atoms with Crippen molar-refractivity contribution in [2.24, 2.45) is 17.4 Å². The minimum absolute atomic E-state index is 0.00848. The molecule has 1 atom stereocenters. The molecule has 52 heavy (non-hydrogen) atoms. The Kier molecular flexibility index (Phi) is 12.6. The lowest BCUT2D eigenvalue weighted by Crippen LogP contribution is -2.50. The number of esters is 1. The molecule has 3 rings (SSSR count). The standard InChI is InChI=1S/C33H37F9N2O8/c1-28(2,43)17-24(29(3,4)44)27(46)49-13-11-31(36,37)52-33(41,42)51-30(34,35)10-12-48-20-7-6-18-14-22(26(45)50-25(18)16-20)21-9-8-19(47-5)15-23(21)32(38,39)40/h6-9,14-16,24H,10-13,17,43-44H2,1-5H3. The van der Waals surface area contributed by atoms with E-state index < -0.39 is 96.0 Å². The number of methoxy groups -OCH3 is 1. The van der Waals surface area contributed by atoms with E-state index in [1.807, 2.05) is 0 Å². The van der Waals surface area contributed by atoms with Crippen LogP contribution in [0.25, 0.3) is 22.1 Å². The van der Waals surface area contributed by atoms with Gasteiger partial charge in [-0.3, -0.25) is 4.79 Å². The largest absolute Gasteiger partial charge is 0.497 e. The van der Waals surface area contributed by atoms with Crippen molar-refractivity contribution < 1.29 is 72.4 Å². The summed E-state index contributed by atoms with van der Waals surface area (Å²) in [5.41, 5.74) is 6.23. The molecule has 0 aliphatic heterocycles. The fraction of sp³-hybridized carbons (Fsp3) is 0.515. The summed E-state index contributed by atoms with van der Waals surface area (Å²) in [6, 6.07) is 7.44. The van der Waals surface area contributed by atoms with Crippen molar-refractivity contribution >= 4 is 16.9 Å². The molecule has 0 aliphatic carbocycles. The molecule has 0 saturated heterocycles. The van der Waals surface area contributed by atoms with Gasteiger partial charge in [-0.05, 0) is 70.5 Å². The zero-order valence-electron chi connectivity index (χ0n) is 28.5. The number of rotatable bonds is 17. The van der Waals surface area contributed by atoms with Gasteiger partial charge < -0.3 is 30.1 Å². The number of nitrogens with two attached hydrogens (primary N) is 2. The van der Waals surface area contributed by atoms with Gasteiger partial charge in [-0.1, -0.05) is 0 Å². The molecule has 0 fully saturated rings. The molecule has 19 heteroatoms. The van der Waals surface area contributed by atoms with Crippen molar-refractivity contribution in [1.82, 2.24) is 0 Å². The fourth-order valence-electron chi connectivity index (χ4n) is 4.79. The van der Waals surface area contributed by atoms with Crippen molar-refractivity contribution in [3.63, 3.8) is 0 Å². The SMILES string of the molecule is COc1ccc(-c2cc3ccc(OCCC(F)(F)OC(F)(F)OC(F)(F)CCOC(=O)C(CC(C)(C)N)C(C)(C)N)cc3oc2=O)c(C(F)(F)F)c1. The van der Waals surface area contributed by atoms with Gasteiger partial charge in [-0.2, -0.15) is 30.7 Å². The molecule has 3 aromatic rings. The van der Waals surface area contributed by atoms with E-state index in [1.165, 1.54) is 26.0 Å². The van der Waals surface area contributed by atoms with E-state index in [4.69, 9.17) is 30.1 Å². The van der Waals surface area contributed by atoms with Gasteiger partial charge in [0.05, 0.1) is 50.2 Å². The highest BCUT2D eigenvalue weighted by Gasteiger charge is 2.52. The summed E-state index contributed by atoms with van der Waals surface area (Å²) in [7, 11) is 1.16. The normalized spacial score (nSPS) is 14.0. The van der Waals surface area contributed by atoms with E-state index in [2.05, 4.69) is 9.47 Å². The minimum Gasteiger partial charge on any atom is -0.497 e. The molecule has 0 aliphatic rings. The van der Waals surface area contributed by atoms with Crippen molar-refractivity contribution in [2.45, 2.75) is 82.7 Å². The minimum atomic E-state index is -5.53. The predicted molar refractivity (Wildman–Crippen MR) is 167 cm³/mol. The van der Waals surface area contributed by atoms with Crippen molar-refractivity contribution in [3.8, 4) is 22.6 Å². The third-order valence-electron chi connectivity index (χ3n) is 7.28. The summed E-state index contributed by atoms with van der Waals surface area (Å²) in [5, 5.41) is 0.106. The average Bonchev–Trinajstić information content (AvgIpc) is 2.96. The van der Waals surface area contributed by atoms with Crippen LogP contribution in [0.3, 0.4) is 0 Å². The van der Waals surface area contributed by atoms with Crippen LogP contribution in [0.5, 0.6) is 11.5 Å². The first-order valence-electron chi connectivity index (χ1n) is 15.4. The molecule has 1 heterocycles. The lowest BCUT2D eigenvalue weighted by atomic mass is 9.80. The van der Waals surface area contributed by atoms with E-state index in [0.29, 0.717) is 6.07 Å². The molecule has 0 radical (unpaired) electrons. The third-order valence-corrected chi connectivity index (χ3v) is 7.28. The lowest BCUT2D eigenvalue weighted by molar-refractivity contribution is -0.514. The molecule has 0 saturated carbocycles. The maximum absolute atomic E-state index is 14.2. The molecule has 10 nitrogen and oxygen atoms in total. The zero-order valence-corrected chi connectivity index (χ0v) is 28.5. The summed E-state index contributed by atoms with van der Waals surface area (Å²) in [5.74, 6) is -2.45. The van der Waals surface area contributed by atoms with E-state index >= 15 is 0 Å². The van der Waals surface area contributed by atoms with Crippen molar-refractivity contribution in [3.05, 3.63) is 58.4 Å². The highest BCUT2D eigenvalue weighted by molar-refractivity contribution is 5.83. The van der Waals surface area contributed by atoms with E-state index in [0.717, 1.165) is 31.4 Å². The molecule has 0 spiro atoms. The Labute approximate surface area is 291 Å². The predicted octanol–water partition coefficient (Wildman–Crippen LogP) is 7.44. The monoisotopic (exact) mass is 760 g/mol. The van der Waals surface area contributed by atoms with Crippen LogP contribution in [-0.2, 0) is 25.2 Å². The second-order valence-corrected chi connectivity index (χ2v) is 13.1. The topological polar surface area (TPSA) is 145 Å². The summed E-state index contributed by atoms with van der Waals surface area (Å²) < 4.78 is 152. The molecule has 0 bridgehead atoms. The number of hydrogen-bond acceptors (Lipinski definition) is 10. The molecule has 290 valence electrons. The number of carbonyl (C=O) groups is 1. The number of fused-ring (bicyclic) bond motifs is 1. The van der Waals surface area contributed by atoms with Gasteiger partial charge >= 0.3 is 36.3 Å². The Morgan fingerprint density at radius 2 is 1.37 bits per heavy atom.